The zero-order valence-electron chi connectivity index (χ0n) is 14.8. The third-order valence-corrected chi connectivity index (χ3v) is 6.92. The van der Waals surface area contributed by atoms with Crippen molar-refractivity contribution < 1.29 is 4.74 Å². The van der Waals surface area contributed by atoms with Crippen LogP contribution in [-0.4, -0.2) is 10.6 Å². The molecule has 0 aliphatic carbocycles. The van der Waals surface area contributed by atoms with Crippen molar-refractivity contribution in [2.24, 2.45) is 0 Å². The second-order valence-electron chi connectivity index (χ2n) is 6.76. The molecule has 0 atom stereocenters. The van der Waals surface area contributed by atoms with Crippen LogP contribution < -0.4 is 10.1 Å². The van der Waals surface area contributed by atoms with Gasteiger partial charge in [0.1, 0.15) is 10.4 Å². The summed E-state index contributed by atoms with van der Waals surface area (Å²) in [7, 11) is 0. The molecule has 2 heterocycles. The summed E-state index contributed by atoms with van der Waals surface area (Å²) in [5.74, 6) is 0.875. The lowest BCUT2D eigenvalue weighted by molar-refractivity contribution is 0.340. The van der Waals surface area contributed by atoms with E-state index in [1.807, 2.05) is 19.1 Å². The van der Waals surface area contributed by atoms with Gasteiger partial charge in [-0.2, -0.15) is 0 Å². The standard InChI is InChI=1S/C20H19BrN2OS2/c1-4-24-14-8-6-13(7-9-14)23-19(25)17-15-11-12(21)5-10-16(15)22-20(2,3)18(17)26-23/h5-11,22H,4H2,1-3H3. The van der Waals surface area contributed by atoms with Crippen LogP contribution in [0.2, 0.25) is 0 Å². The van der Waals surface area contributed by atoms with Gasteiger partial charge in [-0.05, 0) is 63.2 Å². The number of anilines is 1. The zero-order chi connectivity index (χ0) is 18.5. The number of rotatable bonds is 3. The fraction of sp³-hybridized carbons (Fsp3) is 0.250. The van der Waals surface area contributed by atoms with Crippen LogP contribution in [0.1, 0.15) is 25.6 Å². The molecule has 0 radical (unpaired) electrons. The number of nitrogens with one attached hydrogen (secondary N) is 1. The molecule has 3 nitrogen and oxygen atoms in total. The van der Waals surface area contributed by atoms with Crippen LogP contribution in [-0.2, 0) is 5.54 Å². The zero-order valence-corrected chi connectivity index (χ0v) is 18.0. The molecule has 0 unspecified atom stereocenters. The first-order chi connectivity index (χ1) is 12.4. The Morgan fingerprint density at radius 2 is 1.92 bits per heavy atom. The minimum absolute atomic E-state index is 0.176. The molecular formula is C20H19BrN2OS2. The summed E-state index contributed by atoms with van der Waals surface area (Å²) >= 11 is 11.2. The average molecular weight is 447 g/mol. The fourth-order valence-electron chi connectivity index (χ4n) is 3.28. The molecule has 0 amide bonds. The van der Waals surface area contributed by atoms with Gasteiger partial charge in [0.05, 0.1) is 22.7 Å². The molecular weight excluding hydrogens is 428 g/mol. The molecule has 1 aromatic heterocycles. The normalized spacial score (nSPS) is 14.3. The monoisotopic (exact) mass is 446 g/mol. The molecule has 3 aromatic rings. The quantitative estimate of drug-likeness (QED) is 0.450. The Morgan fingerprint density at radius 3 is 2.62 bits per heavy atom. The number of ether oxygens (including phenoxy) is 1. The molecule has 0 fully saturated rings. The maximum absolute atomic E-state index is 5.90. The molecule has 1 aliphatic rings. The lowest BCUT2D eigenvalue weighted by atomic mass is 9.90. The number of halogens is 1. The largest absolute Gasteiger partial charge is 0.494 e. The summed E-state index contributed by atoms with van der Waals surface area (Å²) in [6.07, 6.45) is 0. The first-order valence-electron chi connectivity index (χ1n) is 8.49. The lowest BCUT2D eigenvalue weighted by Gasteiger charge is -2.33. The molecule has 6 heteroatoms. The Kier molecular flexibility index (Phi) is 4.45. The molecule has 26 heavy (non-hydrogen) atoms. The van der Waals surface area contributed by atoms with Crippen LogP contribution in [0.5, 0.6) is 5.75 Å². The third kappa shape index (κ3) is 2.90. The minimum atomic E-state index is -0.176. The number of benzene rings is 2. The second kappa shape index (κ2) is 6.51. The van der Waals surface area contributed by atoms with Crippen molar-refractivity contribution in [1.29, 1.82) is 0 Å². The van der Waals surface area contributed by atoms with Crippen LogP contribution in [0.25, 0.3) is 16.8 Å². The predicted octanol–water partition coefficient (Wildman–Crippen LogP) is 6.76. The van der Waals surface area contributed by atoms with Gasteiger partial charge in [0.25, 0.3) is 0 Å². The summed E-state index contributed by atoms with van der Waals surface area (Å²) in [5, 5.41) is 3.65. The Hall–Kier alpha value is -1.63. The summed E-state index contributed by atoms with van der Waals surface area (Å²) in [6.45, 7) is 7.05. The molecule has 0 bridgehead atoms. The van der Waals surface area contributed by atoms with Crippen molar-refractivity contribution in [3.05, 3.63) is 56.5 Å². The Bertz CT molecular complexity index is 1030. The van der Waals surface area contributed by atoms with E-state index in [0.29, 0.717) is 6.61 Å². The smallest absolute Gasteiger partial charge is 0.129 e. The van der Waals surface area contributed by atoms with Gasteiger partial charge in [-0.3, -0.25) is 3.96 Å². The molecule has 0 saturated carbocycles. The van der Waals surface area contributed by atoms with Crippen molar-refractivity contribution in [3.8, 4) is 22.6 Å². The summed E-state index contributed by atoms with van der Waals surface area (Å²) < 4.78 is 9.59. The number of nitrogens with zero attached hydrogens (tertiary/aromatic N) is 1. The van der Waals surface area contributed by atoms with Crippen molar-refractivity contribution >= 4 is 45.4 Å². The number of fused-ring (bicyclic) bond motifs is 3. The number of hydrogen-bond acceptors (Lipinski definition) is 4. The second-order valence-corrected chi connectivity index (χ2v) is 9.02. The van der Waals surface area contributed by atoms with Crippen LogP contribution >= 0.6 is 39.7 Å². The maximum atomic E-state index is 5.90. The van der Waals surface area contributed by atoms with Crippen LogP contribution in [0.3, 0.4) is 0 Å². The summed E-state index contributed by atoms with van der Waals surface area (Å²) in [6, 6.07) is 14.4. The van der Waals surface area contributed by atoms with Crippen molar-refractivity contribution in [2.75, 3.05) is 11.9 Å². The van der Waals surface area contributed by atoms with Gasteiger partial charge in [-0.15, -0.1) is 0 Å². The van der Waals surface area contributed by atoms with E-state index < -0.39 is 0 Å². The predicted molar refractivity (Wildman–Crippen MR) is 115 cm³/mol. The van der Waals surface area contributed by atoms with Gasteiger partial charge in [-0.25, -0.2) is 0 Å². The van der Waals surface area contributed by atoms with Gasteiger partial charge < -0.3 is 10.1 Å². The molecule has 1 aliphatic heterocycles. The number of aromatic nitrogens is 1. The molecule has 0 saturated heterocycles. The molecule has 0 spiro atoms. The van der Waals surface area contributed by atoms with Gasteiger partial charge in [0.15, 0.2) is 0 Å². The van der Waals surface area contributed by atoms with Crippen molar-refractivity contribution in [1.82, 2.24) is 3.96 Å². The summed E-state index contributed by atoms with van der Waals surface area (Å²) in [4.78, 5) is 1.25. The Morgan fingerprint density at radius 1 is 1.19 bits per heavy atom. The fourth-order valence-corrected chi connectivity index (χ4v) is 5.30. The van der Waals surface area contributed by atoms with E-state index in [9.17, 15) is 0 Å². The lowest BCUT2D eigenvalue weighted by Crippen LogP contribution is -2.30. The van der Waals surface area contributed by atoms with Gasteiger partial charge in [0.2, 0.25) is 0 Å². The molecule has 2 aromatic carbocycles. The Labute approximate surface area is 170 Å². The van der Waals surface area contributed by atoms with Crippen LogP contribution in [0.4, 0.5) is 5.69 Å². The highest BCUT2D eigenvalue weighted by atomic mass is 79.9. The molecule has 4 rings (SSSR count). The first kappa shape index (κ1) is 17.8. The van der Waals surface area contributed by atoms with Crippen LogP contribution in [0.15, 0.2) is 46.9 Å². The highest BCUT2D eigenvalue weighted by Crippen LogP contribution is 2.48. The third-order valence-electron chi connectivity index (χ3n) is 4.46. The van der Waals surface area contributed by atoms with Crippen molar-refractivity contribution in [3.63, 3.8) is 0 Å². The van der Waals surface area contributed by atoms with Gasteiger partial charge >= 0.3 is 0 Å². The van der Waals surface area contributed by atoms with Gasteiger partial charge in [-0.1, -0.05) is 39.7 Å². The van der Waals surface area contributed by atoms with E-state index in [-0.39, 0.29) is 5.54 Å². The average Bonchev–Trinajstić information content (AvgIpc) is 2.96. The highest BCUT2D eigenvalue weighted by molar-refractivity contribution is 9.10. The summed E-state index contributed by atoms with van der Waals surface area (Å²) in [5.41, 5.74) is 4.31. The van der Waals surface area contributed by atoms with E-state index in [0.717, 1.165) is 37.4 Å². The molecule has 1 N–H and O–H groups in total. The van der Waals surface area contributed by atoms with E-state index in [1.165, 1.54) is 4.88 Å². The minimum Gasteiger partial charge on any atom is -0.494 e. The maximum Gasteiger partial charge on any atom is 0.129 e. The van der Waals surface area contributed by atoms with E-state index in [1.54, 1.807) is 11.5 Å². The van der Waals surface area contributed by atoms with Gasteiger partial charge in [0, 0.05) is 21.3 Å². The Balaban J connectivity index is 1.90. The highest BCUT2D eigenvalue weighted by Gasteiger charge is 2.34. The van der Waals surface area contributed by atoms with Crippen molar-refractivity contribution in [2.45, 2.75) is 26.3 Å². The SMILES string of the molecule is CCOc1ccc(-n2sc3c(c2=S)-c2cc(Br)ccc2NC3(C)C)cc1. The topological polar surface area (TPSA) is 26.2 Å². The number of hydrogen-bond donors (Lipinski definition) is 1. The van der Waals surface area contributed by atoms with Crippen LogP contribution in [0, 0.1) is 4.64 Å². The van der Waals surface area contributed by atoms with E-state index in [2.05, 4.69) is 69.4 Å². The van der Waals surface area contributed by atoms with E-state index in [4.69, 9.17) is 17.0 Å². The molecule has 134 valence electrons. The first-order valence-corrected chi connectivity index (χ1v) is 10.5. The van der Waals surface area contributed by atoms with E-state index >= 15 is 0 Å².